The first-order chi connectivity index (χ1) is 18.4. The van der Waals surface area contributed by atoms with E-state index in [9.17, 15) is 14.9 Å². The molecule has 0 spiro atoms. The van der Waals surface area contributed by atoms with Crippen molar-refractivity contribution in [1.82, 2.24) is 15.1 Å². The highest BCUT2D eigenvalue weighted by molar-refractivity contribution is 6.02. The number of carbonyl (C=O) groups excluding carboxylic acids is 2. The van der Waals surface area contributed by atoms with Crippen LogP contribution in [0, 0.1) is 23.2 Å². The van der Waals surface area contributed by atoms with Crippen molar-refractivity contribution in [2.45, 2.75) is 75.9 Å². The SMILES string of the molecule is CC1C=CC=CC1c1ccccc1CNC1CCC(CC#N)(n2cc(C(N)=O)c(NC(=O)C3CC3)n2)CC1. The lowest BCUT2D eigenvalue weighted by molar-refractivity contribution is -0.117. The normalized spacial score (nSPS) is 26.6. The minimum atomic E-state index is -0.638. The monoisotopic (exact) mass is 512 g/mol. The number of hydrogen-bond donors (Lipinski definition) is 3. The zero-order valence-electron chi connectivity index (χ0n) is 21.9. The standard InChI is InChI=1S/C30H36N6O2/c1-20-6-2-4-8-24(20)25-9-5-3-7-22(25)18-33-23-12-14-30(15-13-23,16-17-31)36-19-26(27(32)37)28(35-36)34-29(38)21-10-11-21/h2-9,19-21,23-24,33H,10-16,18H2,1H3,(H2,32,37)(H,34,35,38). The van der Waals surface area contributed by atoms with E-state index < -0.39 is 11.4 Å². The maximum Gasteiger partial charge on any atom is 0.254 e. The van der Waals surface area contributed by atoms with E-state index in [4.69, 9.17) is 5.73 Å². The summed E-state index contributed by atoms with van der Waals surface area (Å²) in [6, 6.07) is 11.3. The number of amides is 2. The van der Waals surface area contributed by atoms with Gasteiger partial charge in [0.05, 0.1) is 18.0 Å². The molecule has 8 heteroatoms. The number of nitrogens with one attached hydrogen (secondary N) is 2. The molecule has 3 aliphatic carbocycles. The fourth-order valence-corrected chi connectivity index (χ4v) is 5.83. The van der Waals surface area contributed by atoms with Crippen LogP contribution >= 0.6 is 0 Å². The van der Waals surface area contributed by atoms with E-state index in [2.05, 4.69) is 77.3 Å². The Morgan fingerprint density at radius 3 is 2.58 bits per heavy atom. The van der Waals surface area contributed by atoms with Gasteiger partial charge in [-0.1, -0.05) is 55.5 Å². The van der Waals surface area contributed by atoms with Crippen LogP contribution < -0.4 is 16.4 Å². The second-order valence-electron chi connectivity index (χ2n) is 11.0. The van der Waals surface area contributed by atoms with Gasteiger partial charge in [0.1, 0.15) is 5.56 Å². The third-order valence-electron chi connectivity index (χ3n) is 8.39. The van der Waals surface area contributed by atoms with Crippen molar-refractivity contribution in [2.24, 2.45) is 17.6 Å². The van der Waals surface area contributed by atoms with E-state index in [0.717, 1.165) is 45.1 Å². The zero-order valence-corrected chi connectivity index (χ0v) is 21.9. The molecule has 2 unspecified atom stereocenters. The van der Waals surface area contributed by atoms with Gasteiger partial charge >= 0.3 is 0 Å². The van der Waals surface area contributed by atoms with E-state index >= 15 is 0 Å². The highest BCUT2D eigenvalue weighted by Gasteiger charge is 2.39. The van der Waals surface area contributed by atoms with Crippen LogP contribution in [0.1, 0.15) is 79.3 Å². The molecule has 0 aliphatic heterocycles. The molecule has 5 rings (SSSR count). The van der Waals surface area contributed by atoms with E-state index in [1.165, 1.54) is 11.1 Å². The van der Waals surface area contributed by atoms with E-state index in [0.29, 0.717) is 17.9 Å². The zero-order chi connectivity index (χ0) is 26.7. The molecule has 3 aliphatic rings. The van der Waals surface area contributed by atoms with Crippen molar-refractivity contribution in [3.8, 4) is 6.07 Å². The molecule has 8 nitrogen and oxygen atoms in total. The van der Waals surface area contributed by atoms with Gasteiger partial charge in [0.25, 0.3) is 5.91 Å². The Hall–Kier alpha value is -3.70. The lowest BCUT2D eigenvalue weighted by Gasteiger charge is -2.39. The summed E-state index contributed by atoms with van der Waals surface area (Å²) < 4.78 is 1.72. The molecule has 2 fully saturated rings. The second kappa shape index (κ2) is 11.0. The minimum absolute atomic E-state index is 0.0191. The molecule has 1 aromatic carbocycles. The molecule has 0 saturated heterocycles. The molecule has 1 heterocycles. The van der Waals surface area contributed by atoms with Gasteiger partial charge in [-0.15, -0.1) is 0 Å². The van der Waals surface area contributed by atoms with Gasteiger partial charge in [0.2, 0.25) is 5.91 Å². The molecular formula is C30H36N6O2. The molecule has 0 bridgehead atoms. The quantitative estimate of drug-likeness (QED) is 0.455. The summed E-state index contributed by atoms with van der Waals surface area (Å²) >= 11 is 0. The van der Waals surface area contributed by atoms with Crippen molar-refractivity contribution in [3.05, 3.63) is 71.5 Å². The van der Waals surface area contributed by atoms with Crippen molar-refractivity contribution in [1.29, 1.82) is 5.26 Å². The highest BCUT2D eigenvalue weighted by Crippen LogP contribution is 2.39. The number of nitrogens with two attached hydrogens (primary N) is 1. The van der Waals surface area contributed by atoms with E-state index in [1.807, 2.05) is 0 Å². The van der Waals surface area contributed by atoms with Crippen LogP contribution in [0.2, 0.25) is 0 Å². The number of hydrogen-bond acceptors (Lipinski definition) is 5. The molecule has 2 saturated carbocycles. The molecule has 1 aromatic heterocycles. The Labute approximate surface area is 224 Å². The Kier molecular flexibility index (Phi) is 7.48. The molecule has 2 amide bonds. The number of benzene rings is 1. The lowest BCUT2D eigenvalue weighted by atomic mass is 9.77. The number of nitriles is 1. The van der Waals surface area contributed by atoms with Crippen molar-refractivity contribution in [3.63, 3.8) is 0 Å². The molecule has 2 atom stereocenters. The van der Waals surface area contributed by atoms with Gasteiger partial charge < -0.3 is 16.4 Å². The fourth-order valence-electron chi connectivity index (χ4n) is 5.83. The third kappa shape index (κ3) is 5.44. The highest BCUT2D eigenvalue weighted by atomic mass is 16.2. The summed E-state index contributed by atoms with van der Waals surface area (Å²) in [6.07, 6.45) is 15.6. The van der Waals surface area contributed by atoms with Crippen LogP contribution in [0.4, 0.5) is 5.82 Å². The molecule has 198 valence electrons. The van der Waals surface area contributed by atoms with Crippen LogP contribution in [-0.4, -0.2) is 27.6 Å². The molecule has 38 heavy (non-hydrogen) atoms. The summed E-state index contributed by atoms with van der Waals surface area (Å²) in [5.74, 6) is 0.247. The summed E-state index contributed by atoms with van der Waals surface area (Å²) in [5.41, 5.74) is 7.93. The summed E-state index contributed by atoms with van der Waals surface area (Å²) in [4.78, 5) is 24.5. The minimum Gasteiger partial charge on any atom is -0.365 e. The number of nitrogens with zero attached hydrogens (tertiary/aromatic N) is 3. The third-order valence-corrected chi connectivity index (χ3v) is 8.39. The van der Waals surface area contributed by atoms with Crippen LogP contribution in [-0.2, 0) is 16.9 Å². The topological polar surface area (TPSA) is 126 Å². The molecule has 2 aromatic rings. The maximum atomic E-state index is 12.3. The number of anilines is 1. The number of rotatable bonds is 9. The Bertz CT molecular complexity index is 1290. The first kappa shape index (κ1) is 25.9. The van der Waals surface area contributed by atoms with Crippen molar-refractivity contribution >= 4 is 17.6 Å². The van der Waals surface area contributed by atoms with Gasteiger partial charge in [0, 0.05) is 30.6 Å². The average molecular weight is 513 g/mol. The summed E-state index contributed by atoms with van der Waals surface area (Å²) in [5, 5.41) is 20.8. The smallest absolute Gasteiger partial charge is 0.254 e. The van der Waals surface area contributed by atoms with Crippen molar-refractivity contribution in [2.75, 3.05) is 5.32 Å². The first-order valence-electron chi connectivity index (χ1n) is 13.6. The van der Waals surface area contributed by atoms with Gasteiger partial charge in [-0.05, 0) is 55.6 Å². The van der Waals surface area contributed by atoms with E-state index in [1.54, 1.807) is 10.9 Å². The van der Waals surface area contributed by atoms with Crippen molar-refractivity contribution < 1.29 is 9.59 Å². The molecule has 4 N–H and O–H groups in total. The van der Waals surface area contributed by atoms with Crippen LogP contribution in [0.15, 0.2) is 54.8 Å². The Morgan fingerprint density at radius 1 is 1.16 bits per heavy atom. The maximum absolute atomic E-state index is 12.3. The number of aromatic nitrogens is 2. The van der Waals surface area contributed by atoms with Crippen LogP contribution in [0.3, 0.4) is 0 Å². The molecular weight excluding hydrogens is 476 g/mol. The second-order valence-corrected chi connectivity index (χ2v) is 11.0. The number of allylic oxidation sites excluding steroid dienone is 4. The van der Waals surface area contributed by atoms with Gasteiger partial charge in [0.15, 0.2) is 5.82 Å². The number of primary amides is 1. The van der Waals surface area contributed by atoms with Gasteiger partial charge in [-0.25, -0.2) is 0 Å². The Morgan fingerprint density at radius 2 is 1.89 bits per heavy atom. The Balaban J connectivity index is 1.27. The predicted octanol–water partition coefficient (Wildman–Crippen LogP) is 4.52. The summed E-state index contributed by atoms with van der Waals surface area (Å²) in [7, 11) is 0. The lowest BCUT2D eigenvalue weighted by Crippen LogP contribution is -2.43. The average Bonchev–Trinajstić information content (AvgIpc) is 3.69. The fraction of sp³-hybridized carbons (Fsp3) is 0.467. The molecule has 0 radical (unpaired) electrons. The van der Waals surface area contributed by atoms with Gasteiger partial charge in [-0.2, -0.15) is 10.4 Å². The van der Waals surface area contributed by atoms with E-state index in [-0.39, 0.29) is 29.6 Å². The van der Waals surface area contributed by atoms with Gasteiger partial charge in [-0.3, -0.25) is 14.3 Å². The number of carbonyl (C=O) groups is 2. The summed E-state index contributed by atoms with van der Waals surface area (Å²) in [6.45, 7) is 3.05. The predicted molar refractivity (Wildman–Crippen MR) is 146 cm³/mol. The van der Waals surface area contributed by atoms with Crippen LogP contribution in [0.5, 0.6) is 0 Å². The van der Waals surface area contributed by atoms with Crippen LogP contribution in [0.25, 0.3) is 0 Å². The first-order valence-corrected chi connectivity index (χ1v) is 13.6. The largest absolute Gasteiger partial charge is 0.365 e.